The lowest BCUT2D eigenvalue weighted by Gasteiger charge is -2.45. The van der Waals surface area contributed by atoms with Crippen LogP contribution in [0, 0.1) is 5.92 Å². The quantitative estimate of drug-likeness (QED) is 0.761. The van der Waals surface area contributed by atoms with Crippen molar-refractivity contribution in [2.45, 2.75) is 24.9 Å². The Labute approximate surface area is 116 Å². The highest BCUT2D eigenvalue weighted by molar-refractivity contribution is 7.99. The molecule has 4 aliphatic rings. The molecule has 2 atom stereocenters. The van der Waals surface area contributed by atoms with E-state index in [-0.39, 0.29) is 12.1 Å². The molecule has 7 heteroatoms. The first kappa shape index (κ1) is 13.1. The molecule has 4 saturated heterocycles. The van der Waals surface area contributed by atoms with Gasteiger partial charge in [-0.1, -0.05) is 0 Å². The van der Waals surface area contributed by atoms with Crippen molar-refractivity contribution in [3.8, 4) is 0 Å². The summed E-state index contributed by atoms with van der Waals surface area (Å²) < 4.78 is 0. The maximum absolute atomic E-state index is 12.2. The van der Waals surface area contributed by atoms with Crippen molar-refractivity contribution in [3.05, 3.63) is 0 Å². The molecule has 2 N–H and O–H groups in total. The number of piperidine rings is 3. The number of aliphatic carboxylic acids is 1. The van der Waals surface area contributed by atoms with Gasteiger partial charge in [0.05, 0.1) is 5.88 Å². The van der Waals surface area contributed by atoms with Crippen LogP contribution in [0.2, 0.25) is 0 Å². The smallest absolute Gasteiger partial charge is 0.327 e. The van der Waals surface area contributed by atoms with Crippen molar-refractivity contribution in [1.29, 1.82) is 0 Å². The van der Waals surface area contributed by atoms with E-state index in [1.807, 2.05) is 0 Å². The molecule has 19 heavy (non-hydrogen) atoms. The molecule has 0 spiro atoms. The van der Waals surface area contributed by atoms with Crippen LogP contribution < -0.4 is 5.32 Å². The molecule has 6 nitrogen and oxygen atoms in total. The molecule has 0 saturated carbocycles. The lowest BCUT2D eigenvalue weighted by Crippen LogP contribution is -2.60. The predicted octanol–water partition coefficient (Wildman–Crippen LogP) is 0.250. The number of nitrogens with zero attached hydrogens (tertiary/aromatic N) is 2. The Hall–Kier alpha value is -0.950. The van der Waals surface area contributed by atoms with Crippen molar-refractivity contribution >= 4 is 23.8 Å². The Morgan fingerprint density at radius 3 is 2.58 bits per heavy atom. The van der Waals surface area contributed by atoms with Gasteiger partial charge in [-0.15, -0.1) is 11.8 Å². The molecular weight excluding hydrogens is 266 g/mol. The van der Waals surface area contributed by atoms with Gasteiger partial charge in [0.25, 0.3) is 0 Å². The standard InChI is InChI=1S/C12H19N3O3S/c16-11(17)10-6-19-7-15(10)12(18)13-9-5-14-3-1-8(9)2-4-14/h8-10H,1-7H2,(H,13,18)(H,16,17). The van der Waals surface area contributed by atoms with Crippen molar-refractivity contribution in [2.75, 3.05) is 31.3 Å². The van der Waals surface area contributed by atoms with Crippen molar-refractivity contribution in [1.82, 2.24) is 15.1 Å². The number of nitrogens with one attached hydrogen (secondary N) is 1. The molecule has 0 aromatic heterocycles. The van der Waals surface area contributed by atoms with Crippen molar-refractivity contribution in [3.63, 3.8) is 0 Å². The second kappa shape index (κ2) is 5.20. The fraction of sp³-hybridized carbons (Fsp3) is 0.833. The SMILES string of the molecule is O=C(O)C1CSCN1C(=O)NC1CN2CCC1CC2. The zero-order chi connectivity index (χ0) is 13.4. The first-order valence-electron chi connectivity index (χ1n) is 6.75. The van der Waals surface area contributed by atoms with Gasteiger partial charge in [-0.3, -0.25) is 0 Å². The third-order valence-electron chi connectivity index (χ3n) is 4.39. The molecule has 2 amide bonds. The van der Waals surface area contributed by atoms with Crippen molar-refractivity contribution in [2.24, 2.45) is 5.92 Å². The summed E-state index contributed by atoms with van der Waals surface area (Å²) in [5.41, 5.74) is 0. The first-order chi connectivity index (χ1) is 9.15. The summed E-state index contributed by atoms with van der Waals surface area (Å²) in [6, 6.07) is -0.697. The molecule has 0 aromatic rings. The molecule has 4 fully saturated rings. The molecule has 0 aliphatic carbocycles. The van der Waals surface area contributed by atoms with Gasteiger partial charge in [0.2, 0.25) is 0 Å². The largest absolute Gasteiger partial charge is 0.480 e. The molecule has 2 bridgehead atoms. The zero-order valence-electron chi connectivity index (χ0n) is 10.7. The highest BCUT2D eigenvalue weighted by Crippen LogP contribution is 2.28. The normalized spacial score (nSPS) is 37.4. The van der Waals surface area contributed by atoms with Crippen LogP contribution in [0.4, 0.5) is 4.79 Å². The lowest BCUT2D eigenvalue weighted by atomic mass is 9.84. The van der Waals surface area contributed by atoms with Gasteiger partial charge in [-0.25, -0.2) is 9.59 Å². The summed E-state index contributed by atoms with van der Waals surface area (Å²) >= 11 is 1.50. The van der Waals surface area contributed by atoms with Crippen LogP contribution in [0.5, 0.6) is 0 Å². The maximum atomic E-state index is 12.2. The van der Waals surface area contributed by atoms with Crippen LogP contribution >= 0.6 is 11.8 Å². The van der Waals surface area contributed by atoms with Crippen LogP contribution in [0.1, 0.15) is 12.8 Å². The molecule has 0 radical (unpaired) electrons. The van der Waals surface area contributed by atoms with Gasteiger partial charge in [0.1, 0.15) is 6.04 Å². The second-order valence-electron chi connectivity index (χ2n) is 5.52. The molecule has 4 heterocycles. The average molecular weight is 285 g/mol. The zero-order valence-corrected chi connectivity index (χ0v) is 11.6. The topological polar surface area (TPSA) is 72.9 Å². The Morgan fingerprint density at radius 2 is 2.00 bits per heavy atom. The summed E-state index contributed by atoms with van der Waals surface area (Å²) in [4.78, 5) is 27.1. The molecule has 106 valence electrons. The van der Waals surface area contributed by atoms with E-state index in [0.717, 1.165) is 32.5 Å². The van der Waals surface area contributed by atoms with E-state index < -0.39 is 12.0 Å². The van der Waals surface area contributed by atoms with E-state index in [4.69, 9.17) is 5.11 Å². The maximum Gasteiger partial charge on any atom is 0.327 e. The summed E-state index contributed by atoms with van der Waals surface area (Å²) in [7, 11) is 0. The second-order valence-corrected chi connectivity index (χ2v) is 6.52. The van der Waals surface area contributed by atoms with Crippen LogP contribution in [-0.2, 0) is 4.79 Å². The minimum absolute atomic E-state index is 0.190. The Morgan fingerprint density at radius 1 is 1.26 bits per heavy atom. The van der Waals surface area contributed by atoms with Crippen LogP contribution in [0.25, 0.3) is 0 Å². The number of carbonyl (C=O) groups is 2. The van der Waals surface area contributed by atoms with Gasteiger partial charge >= 0.3 is 12.0 Å². The van der Waals surface area contributed by atoms with E-state index in [2.05, 4.69) is 10.2 Å². The number of amides is 2. The molecular formula is C12H19N3O3S. The van der Waals surface area contributed by atoms with Gasteiger partial charge < -0.3 is 20.2 Å². The number of urea groups is 1. The number of carboxylic acid groups (broad SMARTS) is 1. The lowest BCUT2D eigenvalue weighted by molar-refractivity contribution is -0.140. The van der Waals surface area contributed by atoms with E-state index in [0.29, 0.717) is 17.5 Å². The highest BCUT2D eigenvalue weighted by Gasteiger charge is 2.39. The Bertz CT molecular complexity index is 384. The number of hydrogen-bond acceptors (Lipinski definition) is 4. The van der Waals surface area contributed by atoms with Crippen LogP contribution in [0.15, 0.2) is 0 Å². The molecule has 4 rings (SSSR count). The predicted molar refractivity (Wildman–Crippen MR) is 72.1 cm³/mol. The summed E-state index contributed by atoms with van der Waals surface area (Å²) in [5.74, 6) is 0.619. The van der Waals surface area contributed by atoms with Crippen molar-refractivity contribution < 1.29 is 14.7 Å². The average Bonchev–Trinajstić information content (AvgIpc) is 2.89. The summed E-state index contributed by atoms with van der Waals surface area (Å²) in [6.45, 7) is 3.18. The number of fused-ring (bicyclic) bond motifs is 3. The molecule has 4 aliphatic heterocycles. The van der Waals surface area contributed by atoms with E-state index in [1.165, 1.54) is 16.7 Å². The van der Waals surface area contributed by atoms with E-state index >= 15 is 0 Å². The monoisotopic (exact) mass is 285 g/mol. The van der Waals surface area contributed by atoms with Gasteiger partial charge in [-0.2, -0.15) is 0 Å². The number of hydrogen-bond donors (Lipinski definition) is 2. The highest BCUT2D eigenvalue weighted by atomic mass is 32.2. The van der Waals surface area contributed by atoms with Gasteiger partial charge in [-0.05, 0) is 31.8 Å². The third kappa shape index (κ3) is 2.53. The number of carbonyl (C=O) groups excluding carboxylic acids is 1. The summed E-state index contributed by atoms with van der Waals surface area (Å²) in [5, 5.41) is 12.1. The third-order valence-corrected chi connectivity index (χ3v) is 5.41. The van der Waals surface area contributed by atoms with Gasteiger partial charge in [0.15, 0.2) is 0 Å². The van der Waals surface area contributed by atoms with Gasteiger partial charge in [0, 0.05) is 18.3 Å². The summed E-state index contributed by atoms with van der Waals surface area (Å²) in [6.07, 6.45) is 2.28. The molecule has 0 aromatic carbocycles. The number of rotatable bonds is 2. The Kier molecular flexibility index (Phi) is 3.58. The van der Waals surface area contributed by atoms with E-state index in [9.17, 15) is 9.59 Å². The first-order valence-corrected chi connectivity index (χ1v) is 7.90. The fourth-order valence-corrected chi connectivity index (χ4v) is 4.36. The van der Waals surface area contributed by atoms with Crippen LogP contribution in [-0.4, -0.2) is 70.3 Å². The fourth-order valence-electron chi connectivity index (χ4n) is 3.22. The van der Waals surface area contributed by atoms with Crippen LogP contribution in [0.3, 0.4) is 0 Å². The Balaban J connectivity index is 1.60. The number of thioether (sulfide) groups is 1. The number of carboxylic acids is 1. The minimum atomic E-state index is -0.908. The van der Waals surface area contributed by atoms with E-state index in [1.54, 1.807) is 0 Å². The minimum Gasteiger partial charge on any atom is -0.480 e. The molecule has 2 unspecified atom stereocenters.